The predicted octanol–water partition coefficient (Wildman–Crippen LogP) is 1.81. The molecule has 0 radical (unpaired) electrons. The lowest BCUT2D eigenvalue weighted by Crippen LogP contribution is -2.27. The summed E-state index contributed by atoms with van der Waals surface area (Å²) in [7, 11) is 4.79. The molecule has 1 aromatic carbocycles. The summed E-state index contributed by atoms with van der Waals surface area (Å²) in [6, 6.07) is 5.81. The Bertz CT molecular complexity index is 579. The number of carbonyl (C=O) groups excluding carboxylic acids is 1. The van der Waals surface area contributed by atoms with Gasteiger partial charge in [0.2, 0.25) is 0 Å². The Labute approximate surface area is 112 Å². The highest BCUT2D eigenvalue weighted by molar-refractivity contribution is 14.1. The monoisotopic (exact) mass is 345 g/mol. The molecule has 0 unspecified atom stereocenters. The summed E-state index contributed by atoms with van der Waals surface area (Å²) in [5, 5.41) is 6.33. The van der Waals surface area contributed by atoms with Gasteiger partial charge in [-0.3, -0.25) is 14.3 Å². The minimum atomic E-state index is -0.209. The second-order valence-corrected chi connectivity index (χ2v) is 4.86. The highest BCUT2D eigenvalue weighted by Crippen LogP contribution is 2.21. The minimum absolute atomic E-state index is 0.209. The molecule has 0 fully saturated rings. The molecule has 2 aromatic rings. The van der Waals surface area contributed by atoms with Gasteiger partial charge in [-0.15, -0.1) is 0 Å². The molecule has 0 atom stereocenters. The third-order valence-electron chi connectivity index (χ3n) is 2.56. The SMILES string of the molecule is CON(C)C(=O)c1c2cc(I)ccc2nn1C. The van der Waals surface area contributed by atoms with E-state index in [1.54, 1.807) is 18.8 Å². The Morgan fingerprint density at radius 2 is 2.24 bits per heavy atom. The van der Waals surface area contributed by atoms with Crippen LogP contribution in [-0.2, 0) is 11.9 Å². The van der Waals surface area contributed by atoms with Crippen LogP contribution in [0.4, 0.5) is 0 Å². The number of aryl methyl sites for hydroxylation is 1. The lowest BCUT2D eigenvalue weighted by Gasteiger charge is -2.13. The van der Waals surface area contributed by atoms with E-state index in [2.05, 4.69) is 27.7 Å². The van der Waals surface area contributed by atoms with Gasteiger partial charge in [-0.25, -0.2) is 5.06 Å². The van der Waals surface area contributed by atoms with Gasteiger partial charge in [0.15, 0.2) is 0 Å². The van der Waals surface area contributed by atoms with Crippen LogP contribution in [0.25, 0.3) is 10.9 Å². The first-order valence-electron chi connectivity index (χ1n) is 4.99. The van der Waals surface area contributed by atoms with Gasteiger partial charge >= 0.3 is 0 Å². The van der Waals surface area contributed by atoms with Crippen molar-refractivity contribution in [3.05, 3.63) is 27.5 Å². The Kier molecular flexibility index (Phi) is 3.34. The highest BCUT2D eigenvalue weighted by Gasteiger charge is 2.20. The molecule has 1 heterocycles. The summed E-state index contributed by atoms with van der Waals surface area (Å²) in [6.07, 6.45) is 0. The molecule has 2 rings (SSSR count). The van der Waals surface area contributed by atoms with Gasteiger partial charge in [-0.2, -0.15) is 5.10 Å². The van der Waals surface area contributed by atoms with Crippen LogP contribution in [0.3, 0.4) is 0 Å². The van der Waals surface area contributed by atoms with Crippen molar-refractivity contribution >= 4 is 39.4 Å². The largest absolute Gasteiger partial charge is 0.296 e. The molecule has 1 amide bonds. The van der Waals surface area contributed by atoms with Gasteiger partial charge in [0.25, 0.3) is 5.91 Å². The molecule has 1 aromatic heterocycles. The third-order valence-corrected chi connectivity index (χ3v) is 3.23. The predicted molar refractivity (Wildman–Crippen MR) is 72.5 cm³/mol. The van der Waals surface area contributed by atoms with E-state index in [1.807, 2.05) is 18.2 Å². The van der Waals surface area contributed by atoms with E-state index in [0.29, 0.717) is 5.69 Å². The van der Waals surface area contributed by atoms with Crippen molar-refractivity contribution in [1.82, 2.24) is 14.8 Å². The van der Waals surface area contributed by atoms with Crippen molar-refractivity contribution in [2.75, 3.05) is 14.2 Å². The molecule has 90 valence electrons. The molecule has 0 aliphatic heterocycles. The standard InChI is InChI=1S/C11H12IN3O2/c1-14-10(11(16)15(2)17-3)8-6-7(12)4-5-9(8)13-14/h4-6H,1-3H3. The van der Waals surface area contributed by atoms with Crippen molar-refractivity contribution in [1.29, 1.82) is 0 Å². The molecule has 0 aliphatic rings. The zero-order valence-corrected chi connectivity index (χ0v) is 11.9. The molecule has 0 aliphatic carbocycles. The number of hydrogen-bond acceptors (Lipinski definition) is 3. The number of aromatic nitrogens is 2. The normalized spacial score (nSPS) is 10.8. The average molecular weight is 345 g/mol. The number of fused-ring (bicyclic) bond motifs is 1. The van der Waals surface area contributed by atoms with Gasteiger partial charge in [-0.1, -0.05) is 0 Å². The van der Waals surface area contributed by atoms with Crippen molar-refractivity contribution in [2.45, 2.75) is 0 Å². The Morgan fingerprint density at radius 1 is 1.53 bits per heavy atom. The van der Waals surface area contributed by atoms with Crippen LogP contribution < -0.4 is 0 Å². The molecule has 0 spiro atoms. The summed E-state index contributed by atoms with van der Waals surface area (Å²) < 4.78 is 2.65. The quantitative estimate of drug-likeness (QED) is 0.616. The number of nitrogens with zero attached hydrogens (tertiary/aromatic N) is 3. The Balaban J connectivity index is 2.63. The summed E-state index contributed by atoms with van der Waals surface area (Å²) in [6.45, 7) is 0. The van der Waals surface area contributed by atoms with E-state index in [9.17, 15) is 4.79 Å². The second-order valence-electron chi connectivity index (χ2n) is 3.62. The topological polar surface area (TPSA) is 47.4 Å². The first-order chi connectivity index (χ1) is 8.04. The van der Waals surface area contributed by atoms with Crippen LogP contribution in [-0.4, -0.2) is 34.9 Å². The van der Waals surface area contributed by atoms with E-state index in [4.69, 9.17) is 4.84 Å². The maximum atomic E-state index is 12.1. The molecule has 17 heavy (non-hydrogen) atoms. The highest BCUT2D eigenvalue weighted by atomic mass is 127. The average Bonchev–Trinajstić information content (AvgIpc) is 2.62. The van der Waals surface area contributed by atoms with E-state index in [1.165, 1.54) is 12.2 Å². The fourth-order valence-corrected chi connectivity index (χ4v) is 2.15. The zero-order chi connectivity index (χ0) is 12.6. The van der Waals surface area contributed by atoms with Crippen molar-refractivity contribution in [3.8, 4) is 0 Å². The fourth-order valence-electron chi connectivity index (χ4n) is 1.66. The lowest BCUT2D eigenvalue weighted by atomic mass is 10.2. The van der Waals surface area contributed by atoms with E-state index in [-0.39, 0.29) is 5.91 Å². The van der Waals surface area contributed by atoms with Crippen molar-refractivity contribution < 1.29 is 9.63 Å². The van der Waals surface area contributed by atoms with Gasteiger partial charge < -0.3 is 0 Å². The van der Waals surface area contributed by atoms with Crippen LogP contribution in [0.15, 0.2) is 18.2 Å². The van der Waals surface area contributed by atoms with Crippen LogP contribution in [0.1, 0.15) is 10.5 Å². The number of amides is 1. The zero-order valence-electron chi connectivity index (χ0n) is 9.77. The van der Waals surface area contributed by atoms with Crippen LogP contribution in [0.5, 0.6) is 0 Å². The lowest BCUT2D eigenvalue weighted by molar-refractivity contribution is -0.0761. The van der Waals surface area contributed by atoms with Crippen molar-refractivity contribution in [2.24, 2.45) is 7.05 Å². The molecule has 0 saturated heterocycles. The number of carbonyl (C=O) groups is 1. The third kappa shape index (κ3) is 2.14. The molecule has 0 N–H and O–H groups in total. The van der Waals surface area contributed by atoms with Gasteiger partial charge in [0, 0.05) is 23.1 Å². The number of hydroxylamine groups is 2. The Morgan fingerprint density at radius 3 is 2.88 bits per heavy atom. The van der Waals surface area contributed by atoms with E-state index in [0.717, 1.165) is 14.5 Å². The van der Waals surface area contributed by atoms with Crippen molar-refractivity contribution in [3.63, 3.8) is 0 Å². The first kappa shape index (κ1) is 12.3. The molecule has 5 nitrogen and oxygen atoms in total. The fraction of sp³-hybridized carbons (Fsp3) is 0.273. The summed E-state index contributed by atoms with van der Waals surface area (Å²) in [5.74, 6) is -0.209. The van der Waals surface area contributed by atoms with E-state index >= 15 is 0 Å². The first-order valence-corrected chi connectivity index (χ1v) is 6.07. The van der Waals surface area contributed by atoms with E-state index < -0.39 is 0 Å². The van der Waals surface area contributed by atoms with Crippen LogP contribution in [0, 0.1) is 3.57 Å². The number of hydrogen-bond donors (Lipinski definition) is 0. The summed E-state index contributed by atoms with van der Waals surface area (Å²) in [4.78, 5) is 17.0. The number of rotatable bonds is 2. The number of benzene rings is 1. The van der Waals surface area contributed by atoms with Gasteiger partial charge in [-0.05, 0) is 40.8 Å². The van der Waals surface area contributed by atoms with Gasteiger partial charge in [0.1, 0.15) is 5.69 Å². The van der Waals surface area contributed by atoms with Crippen LogP contribution in [0.2, 0.25) is 0 Å². The molecular weight excluding hydrogens is 333 g/mol. The smallest absolute Gasteiger partial charge is 0.274 e. The molecule has 0 bridgehead atoms. The molecule has 6 heteroatoms. The summed E-state index contributed by atoms with van der Waals surface area (Å²) >= 11 is 2.21. The number of halogens is 1. The van der Waals surface area contributed by atoms with Gasteiger partial charge in [0.05, 0.1) is 12.6 Å². The maximum absolute atomic E-state index is 12.1. The van der Waals surface area contributed by atoms with Crippen LogP contribution >= 0.6 is 22.6 Å². The maximum Gasteiger partial charge on any atom is 0.296 e. The molecule has 0 saturated carbocycles. The minimum Gasteiger partial charge on any atom is -0.274 e. The summed E-state index contributed by atoms with van der Waals surface area (Å²) in [5.41, 5.74) is 1.34. The second kappa shape index (κ2) is 4.61. The molecular formula is C11H12IN3O2. The Hall–Kier alpha value is -1.15.